The van der Waals surface area contributed by atoms with Crippen LogP contribution in [0.3, 0.4) is 0 Å². The Morgan fingerprint density at radius 2 is 1.70 bits per heavy atom. The Morgan fingerprint density at radius 1 is 0.957 bits per heavy atom. The lowest BCUT2D eigenvalue weighted by atomic mass is 10.1. The second kappa shape index (κ2) is 4.99. The van der Waals surface area contributed by atoms with Crippen molar-refractivity contribution in [2.75, 3.05) is 11.4 Å². The third-order valence-electron chi connectivity index (χ3n) is 4.19. The van der Waals surface area contributed by atoms with Gasteiger partial charge >= 0.3 is 0 Å². The van der Waals surface area contributed by atoms with Gasteiger partial charge in [-0.25, -0.2) is 8.42 Å². The number of benzene rings is 3. The van der Waals surface area contributed by atoms with Crippen molar-refractivity contribution in [3.05, 3.63) is 66.2 Å². The van der Waals surface area contributed by atoms with Gasteiger partial charge in [0, 0.05) is 10.9 Å². The summed E-state index contributed by atoms with van der Waals surface area (Å²) in [5.41, 5.74) is 1.56. The lowest BCUT2D eigenvalue weighted by molar-refractivity contribution is 0.410. The van der Waals surface area contributed by atoms with E-state index in [1.165, 1.54) is 4.31 Å². The Bertz CT molecular complexity index is 1010. The second-order valence-electron chi connectivity index (χ2n) is 5.45. The molecule has 0 aromatic heterocycles. The van der Waals surface area contributed by atoms with Crippen LogP contribution in [0.25, 0.3) is 10.8 Å². The summed E-state index contributed by atoms with van der Waals surface area (Å²) in [5.74, 6) is 0.686. The van der Waals surface area contributed by atoms with Gasteiger partial charge in [0.05, 0.1) is 24.2 Å². The maximum Gasteiger partial charge on any atom is 0.265 e. The number of hydrogen-bond donors (Lipinski definition) is 0. The van der Waals surface area contributed by atoms with Crippen molar-refractivity contribution in [3.63, 3.8) is 0 Å². The van der Waals surface area contributed by atoms with Gasteiger partial charge in [-0.1, -0.05) is 42.5 Å². The van der Waals surface area contributed by atoms with Gasteiger partial charge in [-0.05, 0) is 23.6 Å². The predicted molar refractivity (Wildman–Crippen MR) is 90.3 cm³/mol. The van der Waals surface area contributed by atoms with Gasteiger partial charge in [-0.3, -0.25) is 4.31 Å². The monoisotopic (exact) mass is 325 g/mol. The minimum absolute atomic E-state index is 0.250. The van der Waals surface area contributed by atoms with E-state index in [1.807, 2.05) is 48.5 Å². The standard InChI is InChI=1S/C18H15NO3S/c1-22-16-10-3-2-6-14(16)12-19-15-9-4-7-13-8-5-11-17(18(13)15)23(19,20)21/h2-11H,12H2,1H3. The van der Waals surface area contributed by atoms with Crippen LogP contribution in [-0.4, -0.2) is 15.5 Å². The van der Waals surface area contributed by atoms with Crippen LogP contribution in [0.1, 0.15) is 5.56 Å². The highest BCUT2D eigenvalue weighted by atomic mass is 32.2. The third-order valence-corrected chi connectivity index (χ3v) is 5.99. The van der Waals surface area contributed by atoms with Gasteiger partial charge in [-0.15, -0.1) is 0 Å². The van der Waals surface area contributed by atoms with Crippen molar-refractivity contribution < 1.29 is 13.2 Å². The molecule has 0 atom stereocenters. The molecule has 0 N–H and O–H groups in total. The Labute approximate surface area is 135 Å². The molecule has 0 radical (unpaired) electrons. The smallest absolute Gasteiger partial charge is 0.265 e. The Kier molecular flexibility index (Phi) is 3.06. The molecule has 1 aliphatic heterocycles. The van der Waals surface area contributed by atoms with E-state index in [9.17, 15) is 8.42 Å². The summed E-state index contributed by atoms with van der Waals surface area (Å²) >= 11 is 0. The number of hydrogen-bond acceptors (Lipinski definition) is 3. The second-order valence-corrected chi connectivity index (χ2v) is 7.29. The van der Waals surface area contributed by atoms with E-state index in [2.05, 4.69) is 0 Å². The molecule has 116 valence electrons. The molecule has 0 bridgehead atoms. The molecule has 5 heteroatoms. The first-order valence-electron chi connectivity index (χ1n) is 7.29. The molecule has 4 rings (SSSR count). The summed E-state index contributed by atoms with van der Waals surface area (Å²) in [6.07, 6.45) is 0. The summed E-state index contributed by atoms with van der Waals surface area (Å²) in [6.45, 7) is 0.250. The maximum absolute atomic E-state index is 13.0. The van der Waals surface area contributed by atoms with Crippen molar-refractivity contribution in [2.45, 2.75) is 11.4 Å². The number of rotatable bonds is 3. The number of sulfonamides is 1. The highest BCUT2D eigenvalue weighted by Gasteiger charge is 2.35. The van der Waals surface area contributed by atoms with Crippen molar-refractivity contribution in [1.29, 1.82) is 0 Å². The third kappa shape index (κ3) is 2.00. The fourth-order valence-electron chi connectivity index (χ4n) is 3.12. The highest BCUT2D eigenvalue weighted by molar-refractivity contribution is 7.93. The van der Waals surface area contributed by atoms with Crippen LogP contribution in [-0.2, 0) is 16.6 Å². The summed E-state index contributed by atoms with van der Waals surface area (Å²) in [4.78, 5) is 0.375. The van der Waals surface area contributed by atoms with Crippen molar-refractivity contribution in [3.8, 4) is 5.75 Å². The zero-order valence-electron chi connectivity index (χ0n) is 12.6. The molecule has 4 nitrogen and oxygen atoms in total. The zero-order valence-corrected chi connectivity index (χ0v) is 13.4. The minimum atomic E-state index is -3.54. The summed E-state index contributed by atoms with van der Waals surface area (Å²) in [6, 6.07) is 18.5. The van der Waals surface area contributed by atoms with Gasteiger partial charge in [0.2, 0.25) is 0 Å². The fourth-order valence-corrected chi connectivity index (χ4v) is 4.81. The van der Waals surface area contributed by atoms with Crippen LogP contribution < -0.4 is 9.04 Å². The zero-order chi connectivity index (χ0) is 16.0. The Hall–Kier alpha value is -2.53. The molecule has 23 heavy (non-hydrogen) atoms. The minimum Gasteiger partial charge on any atom is -0.496 e. The molecule has 0 saturated carbocycles. The highest BCUT2D eigenvalue weighted by Crippen LogP contribution is 2.43. The van der Waals surface area contributed by atoms with Crippen LogP contribution in [0.5, 0.6) is 5.75 Å². The van der Waals surface area contributed by atoms with E-state index in [1.54, 1.807) is 19.2 Å². The first-order chi connectivity index (χ1) is 11.1. The predicted octanol–water partition coefficient (Wildman–Crippen LogP) is 3.56. The quantitative estimate of drug-likeness (QED) is 0.740. The van der Waals surface area contributed by atoms with Gasteiger partial charge < -0.3 is 4.74 Å². The maximum atomic E-state index is 13.0. The molecule has 0 spiro atoms. The first kappa shape index (κ1) is 14.1. The molecule has 0 saturated heterocycles. The lowest BCUT2D eigenvalue weighted by Crippen LogP contribution is -2.26. The molecular formula is C18H15NO3S. The van der Waals surface area contributed by atoms with Crippen molar-refractivity contribution >= 4 is 26.5 Å². The van der Waals surface area contributed by atoms with Gasteiger partial charge in [-0.2, -0.15) is 0 Å². The van der Waals surface area contributed by atoms with E-state index in [4.69, 9.17) is 4.74 Å². The molecule has 1 heterocycles. The Morgan fingerprint density at radius 3 is 2.48 bits per heavy atom. The van der Waals surface area contributed by atoms with E-state index < -0.39 is 10.0 Å². The average Bonchev–Trinajstić information content (AvgIpc) is 2.79. The molecule has 3 aromatic carbocycles. The molecule has 0 amide bonds. The van der Waals surface area contributed by atoms with Gasteiger partial charge in [0.25, 0.3) is 10.0 Å². The number of methoxy groups -OCH3 is 1. The lowest BCUT2D eigenvalue weighted by Gasteiger charge is -2.20. The van der Waals surface area contributed by atoms with E-state index in [-0.39, 0.29) is 6.54 Å². The molecule has 1 aliphatic rings. The SMILES string of the molecule is COc1ccccc1CN1c2cccc3cccc(c23)S1(=O)=O. The van der Waals surface area contributed by atoms with E-state index in [0.29, 0.717) is 10.6 Å². The number of ether oxygens (including phenoxy) is 1. The summed E-state index contributed by atoms with van der Waals surface area (Å²) in [5, 5.41) is 1.73. The van der Waals surface area contributed by atoms with Crippen LogP contribution in [0.2, 0.25) is 0 Å². The number of anilines is 1. The first-order valence-corrected chi connectivity index (χ1v) is 8.73. The topological polar surface area (TPSA) is 46.6 Å². The van der Waals surface area contributed by atoms with E-state index in [0.717, 1.165) is 22.0 Å². The van der Waals surface area contributed by atoms with Crippen molar-refractivity contribution in [1.82, 2.24) is 0 Å². The molecule has 0 unspecified atom stereocenters. The number of nitrogens with zero attached hydrogens (tertiary/aromatic N) is 1. The normalized spacial score (nSPS) is 15.1. The average molecular weight is 325 g/mol. The van der Waals surface area contributed by atoms with Gasteiger partial charge in [0.15, 0.2) is 0 Å². The van der Waals surface area contributed by atoms with Crippen LogP contribution in [0.4, 0.5) is 5.69 Å². The molecule has 3 aromatic rings. The van der Waals surface area contributed by atoms with E-state index >= 15 is 0 Å². The van der Waals surface area contributed by atoms with Crippen LogP contribution in [0.15, 0.2) is 65.6 Å². The largest absolute Gasteiger partial charge is 0.496 e. The Balaban J connectivity index is 1.90. The molecular weight excluding hydrogens is 310 g/mol. The molecule has 0 aliphatic carbocycles. The number of para-hydroxylation sites is 1. The summed E-state index contributed by atoms with van der Waals surface area (Å²) < 4.78 is 32.7. The van der Waals surface area contributed by atoms with Crippen molar-refractivity contribution in [2.24, 2.45) is 0 Å². The molecule has 0 fully saturated rings. The van der Waals surface area contributed by atoms with Crippen LogP contribution >= 0.6 is 0 Å². The van der Waals surface area contributed by atoms with Crippen LogP contribution in [0, 0.1) is 0 Å². The van der Waals surface area contributed by atoms with Gasteiger partial charge in [0.1, 0.15) is 5.75 Å². The summed E-state index contributed by atoms with van der Waals surface area (Å²) in [7, 11) is -1.95. The fraction of sp³-hybridized carbons (Fsp3) is 0.111.